The highest BCUT2D eigenvalue weighted by Gasteiger charge is 2.44. The molecule has 0 saturated carbocycles. The molecular weight excluding hydrogens is 1100 g/mol. The average Bonchev–Trinajstić information content (AvgIpc) is 2.42. The molecule has 1 aliphatic rings. The lowest BCUT2D eigenvalue weighted by atomic mass is 9.99. The summed E-state index contributed by atoms with van der Waals surface area (Å²) in [5, 5.41) is 54.9. The summed E-state index contributed by atoms with van der Waals surface area (Å²) in [6.45, 7) is 3.70. The van der Waals surface area contributed by atoms with Crippen molar-refractivity contribution < 1.29 is 39.8 Å². The number of rotatable bonds is 65. The Hall–Kier alpha value is -3.15. The maximum absolute atomic E-state index is 13.2. The number of nitrogens with one attached hydrogen (secondary N) is 1. The fourth-order valence-electron chi connectivity index (χ4n) is 11.5. The highest BCUT2D eigenvalue weighted by atomic mass is 16.7. The molecule has 6 N–H and O–H groups in total. The van der Waals surface area contributed by atoms with E-state index in [1.165, 1.54) is 225 Å². The molecule has 1 aliphatic heterocycles. The van der Waals surface area contributed by atoms with Crippen LogP contribution in [0.5, 0.6) is 0 Å². The molecule has 7 unspecified atom stereocenters. The molecule has 0 bridgehead atoms. The van der Waals surface area contributed by atoms with Crippen molar-refractivity contribution in [3.8, 4) is 0 Å². The highest BCUT2D eigenvalue weighted by Crippen LogP contribution is 2.23. The van der Waals surface area contributed by atoms with E-state index in [0.717, 1.165) is 89.9 Å². The zero-order chi connectivity index (χ0) is 64.2. The number of hydrogen-bond acceptors (Lipinski definition) is 8. The second kappa shape index (κ2) is 67.7. The van der Waals surface area contributed by atoms with Gasteiger partial charge in [-0.05, 0) is 83.5 Å². The SMILES string of the molecule is CC/C=C\C/C=C\C/C=C\C/C=C\C/C=C\C/C=C\C/C=C\C/C=C\CCCCCCCCCCCCCCCCC(=O)NC(COC1OC(CO)C(O)C(O)C1O)C(O)/C=C/CCCCCCCCCCCCCCCCCCCCCCCCCCC. The largest absolute Gasteiger partial charge is 0.394 e. The molecule has 514 valence electrons. The third-order valence-corrected chi connectivity index (χ3v) is 17.4. The van der Waals surface area contributed by atoms with E-state index in [0.29, 0.717) is 6.42 Å². The molecule has 1 heterocycles. The molecular formula is C80H141NO8. The van der Waals surface area contributed by atoms with E-state index >= 15 is 0 Å². The third-order valence-electron chi connectivity index (χ3n) is 17.4. The van der Waals surface area contributed by atoms with Crippen molar-refractivity contribution in [2.45, 2.75) is 378 Å². The van der Waals surface area contributed by atoms with Crippen LogP contribution in [0.3, 0.4) is 0 Å². The molecule has 0 spiro atoms. The number of aliphatic hydroxyl groups excluding tert-OH is 5. The van der Waals surface area contributed by atoms with Gasteiger partial charge in [0, 0.05) is 6.42 Å². The number of amides is 1. The van der Waals surface area contributed by atoms with Crippen LogP contribution in [0.25, 0.3) is 0 Å². The molecule has 0 aliphatic carbocycles. The Morgan fingerprint density at radius 1 is 0.393 bits per heavy atom. The lowest BCUT2D eigenvalue weighted by Crippen LogP contribution is -2.60. The molecule has 9 heteroatoms. The normalized spacial score (nSPS) is 18.5. The van der Waals surface area contributed by atoms with Crippen LogP contribution in [0.15, 0.2) is 109 Å². The van der Waals surface area contributed by atoms with Gasteiger partial charge in [0.05, 0.1) is 25.4 Å². The fourth-order valence-corrected chi connectivity index (χ4v) is 11.5. The number of allylic oxidation sites excluding steroid dienone is 17. The van der Waals surface area contributed by atoms with Gasteiger partial charge in [-0.15, -0.1) is 0 Å². The predicted octanol–water partition coefficient (Wildman–Crippen LogP) is 21.2. The Labute approximate surface area is 548 Å². The third kappa shape index (κ3) is 56.1. The van der Waals surface area contributed by atoms with E-state index in [2.05, 4.69) is 116 Å². The van der Waals surface area contributed by atoms with Crippen molar-refractivity contribution in [1.82, 2.24) is 5.32 Å². The van der Waals surface area contributed by atoms with Crippen molar-refractivity contribution in [3.63, 3.8) is 0 Å². The number of carbonyl (C=O) groups excluding carboxylic acids is 1. The fraction of sp³-hybridized carbons (Fsp3) is 0.762. The number of hydrogen-bond donors (Lipinski definition) is 6. The van der Waals surface area contributed by atoms with Crippen LogP contribution in [0.4, 0.5) is 0 Å². The molecule has 1 saturated heterocycles. The summed E-state index contributed by atoms with van der Waals surface area (Å²) in [4.78, 5) is 13.2. The first-order valence-corrected chi connectivity index (χ1v) is 37.6. The van der Waals surface area contributed by atoms with Crippen LogP contribution in [0, 0.1) is 0 Å². The summed E-state index contributed by atoms with van der Waals surface area (Å²) in [5.41, 5.74) is 0. The summed E-state index contributed by atoms with van der Waals surface area (Å²) >= 11 is 0. The second-order valence-electron chi connectivity index (χ2n) is 25.7. The minimum absolute atomic E-state index is 0.177. The maximum Gasteiger partial charge on any atom is 0.220 e. The van der Waals surface area contributed by atoms with E-state index in [1.807, 2.05) is 6.08 Å². The van der Waals surface area contributed by atoms with E-state index in [9.17, 15) is 30.3 Å². The van der Waals surface area contributed by atoms with Crippen molar-refractivity contribution in [1.29, 1.82) is 0 Å². The maximum atomic E-state index is 13.2. The molecule has 7 atom stereocenters. The van der Waals surface area contributed by atoms with Gasteiger partial charge in [-0.25, -0.2) is 0 Å². The number of ether oxygens (including phenoxy) is 2. The van der Waals surface area contributed by atoms with Gasteiger partial charge in [-0.1, -0.05) is 354 Å². The quantitative estimate of drug-likeness (QED) is 0.0261. The highest BCUT2D eigenvalue weighted by molar-refractivity contribution is 5.76. The first kappa shape index (κ1) is 83.9. The van der Waals surface area contributed by atoms with Gasteiger partial charge in [-0.3, -0.25) is 4.79 Å². The lowest BCUT2D eigenvalue weighted by Gasteiger charge is -2.40. The molecule has 0 aromatic carbocycles. The van der Waals surface area contributed by atoms with E-state index in [1.54, 1.807) is 6.08 Å². The summed E-state index contributed by atoms with van der Waals surface area (Å²) in [7, 11) is 0. The van der Waals surface area contributed by atoms with E-state index in [-0.39, 0.29) is 12.5 Å². The Balaban J connectivity index is 2.11. The number of carbonyl (C=O) groups is 1. The minimum Gasteiger partial charge on any atom is -0.394 e. The standard InChI is InChI=1S/C80H141NO8/c1-3-5-7-9-11-13-15-17-19-21-23-25-27-29-31-32-33-34-35-36-37-38-39-40-41-42-44-46-48-50-52-54-56-58-60-62-64-66-68-70-76(84)81-73(72-88-80-79(87)78(86)77(85)75(71-82)89-80)74(83)69-67-65-63-61-59-57-55-53-51-49-47-45-43-30-28-26-24-22-20-18-16-14-12-10-8-6-4-2/h5,7,11,13,17,19,23,25,29,31,33-34,36-37,39-40,67,69,73-75,77-80,82-83,85-87H,3-4,6,8-10,12,14-16,18,20-22,24,26-28,30,32,35,38,41-66,68,70-72H2,1-2H3,(H,81,84)/b7-5-,13-11-,19-17-,25-23-,31-29-,34-33-,37-36-,40-39-,69-67+. The molecule has 1 fully saturated rings. The first-order chi connectivity index (χ1) is 43.8. The van der Waals surface area contributed by atoms with Crippen LogP contribution >= 0.6 is 0 Å². The Kier molecular flexibility index (Phi) is 63.8. The summed E-state index contributed by atoms with van der Waals surface area (Å²) in [6, 6.07) is -0.813. The molecule has 0 aromatic rings. The van der Waals surface area contributed by atoms with Gasteiger partial charge < -0.3 is 40.3 Å². The van der Waals surface area contributed by atoms with Crippen LogP contribution in [0.2, 0.25) is 0 Å². The molecule has 89 heavy (non-hydrogen) atoms. The van der Waals surface area contributed by atoms with Gasteiger partial charge in [0.25, 0.3) is 0 Å². The summed E-state index contributed by atoms with van der Waals surface area (Å²) in [6.07, 6.45) is 93.4. The van der Waals surface area contributed by atoms with E-state index in [4.69, 9.17) is 9.47 Å². The lowest BCUT2D eigenvalue weighted by molar-refractivity contribution is -0.302. The predicted molar refractivity (Wildman–Crippen MR) is 382 cm³/mol. The Morgan fingerprint density at radius 3 is 1.03 bits per heavy atom. The Morgan fingerprint density at radius 2 is 0.697 bits per heavy atom. The monoisotopic (exact) mass is 1240 g/mol. The van der Waals surface area contributed by atoms with Crippen molar-refractivity contribution in [2.24, 2.45) is 0 Å². The van der Waals surface area contributed by atoms with Gasteiger partial charge in [-0.2, -0.15) is 0 Å². The van der Waals surface area contributed by atoms with E-state index < -0.39 is 49.5 Å². The first-order valence-electron chi connectivity index (χ1n) is 37.6. The summed E-state index contributed by atoms with van der Waals surface area (Å²) < 4.78 is 11.3. The van der Waals surface area contributed by atoms with Gasteiger partial charge in [0.1, 0.15) is 24.4 Å². The minimum atomic E-state index is -1.57. The van der Waals surface area contributed by atoms with Gasteiger partial charge in [0.15, 0.2) is 6.29 Å². The van der Waals surface area contributed by atoms with Gasteiger partial charge in [0.2, 0.25) is 5.91 Å². The molecule has 1 rings (SSSR count). The Bertz CT molecular complexity index is 1780. The average molecular weight is 1250 g/mol. The number of aliphatic hydroxyl groups is 5. The van der Waals surface area contributed by atoms with Crippen molar-refractivity contribution in [2.75, 3.05) is 13.2 Å². The van der Waals surface area contributed by atoms with Crippen molar-refractivity contribution >= 4 is 5.91 Å². The topological polar surface area (TPSA) is 149 Å². The van der Waals surface area contributed by atoms with Crippen LogP contribution in [0.1, 0.15) is 335 Å². The van der Waals surface area contributed by atoms with Gasteiger partial charge >= 0.3 is 0 Å². The van der Waals surface area contributed by atoms with Crippen LogP contribution in [-0.2, 0) is 14.3 Å². The van der Waals surface area contributed by atoms with Crippen LogP contribution < -0.4 is 5.32 Å². The zero-order valence-corrected chi connectivity index (χ0v) is 57.7. The molecule has 9 nitrogen and oxygen atoms in total. The van der Waals surface area contributed by atoms with Crippen LogP contribution in [-0.4, -0.2) is 87.5 Å². The molecule has 0 aromatic heterocycles. The smallest absolute Gasteiger partial charge is 0.220 e. The summed E-state index contributed by atoms with van der Waals surface area (Å²) in [5.74, 6) is -0.177. The zero-order valence-electron chi connectivity index (χ0n) is 57.7. The molecule has 1 amide bonds. The van der Waals surface area contributed by atoms with Crippen molar-refractivity contribution in [3.05, 3.63) is 109 Å². The second-order valence-corrected chi connectivity index (χ2v) is 25.7. The number of unbranched alkanes of at least 4 members (excludes halogenated alkanes) is 39. The molecule has 0 radical (unpaired) electrons.